The molecule has 4 nitrogen and oxygen atoms in total. The maximum Gasteiger partial charge on any atom is 0.271 e. The molecule has 2 aromatic rings. The lowest BCUT2D eigenvalue weighted by atomic mass is 9.72. The zero-order valence-corrected chi connectivity index (χ0v) is 16.9. The van der Waals surface area contributed by atoms with Crippen LogP contribution < -0.4 is 5.43 Å². The monoisotopic (exact) mass is 394 g/mol. The molecule has 0 unspecified atom stereocenters. The molecule has 152 valence electrons. The summed E-state index contributed by atoms with van der Waals surface area (Å²) >= 11 is 0. The molecule has 3 rings (SSSR count). The first-order valence-corrected chi connectivity index (χ1v) is 10.1. The molecule has 0 saturated heterocycles. The number of amides is 1. The highest BCUT2D eigenvalue weighted by atomic mass is 19.1. The van der Waals surface area contributed by atoms with Crippen LogP contribution in [0, 0.1) is 11.7 Å². The average Bonchev–Trinajstić information content (AvgIpc) is 2.72. The third kappa shape index (κ3) is 4.56. The Labute approximate surface area is 171 Å². The Balaban J connectivity index is 1.84. The second-order valence-corrected chi connectivity index (χ2v) is 7.46. The average molecular weight is 394 g/mol. The molecule has 2 N–H and O–H groups in total. The van der Waals surface area contributed by atoms with E-state index in [4.69, 9.17) is 0 Å². The molecule has 5 heteroatoms. The Bertz CT molecular complexity index is 936. The fourth-order valence-corrected chi connectivity index (χ4v) is 4.00. The number of hydrogen-bond acceptors (Lipinski definition) is 3. The third-order valence-corrected chi connectivity index (χ3v) is 5.57. The summed E-state index contributed by atoms with van der Waals surface area (Å²) in [5.74, 6) is -0.866. The zero-order chi connectivity index (χ0) is 20.8. The van der Waals surface area contributed by atoms with Crippen molar-refractivity contribution in [2.24, 2.45) is 11.0 Å². The molecular weight excluding hydrogens is 367 g/mol. The lowest BCUT2D eigenvalue weighted by Crippen LogP contribution is -2.30. The van der Waals surface area contributed by atoms with E-state index in [1.165, 1.54) is 12.3 Å². The number of hydrazone groups is 1. The van der Waals surface area contributed by atoms with Crippen LogP contribution in [0.3, 0.4) is 0 Å². The van der Waals surface area contributed by atoms with E-state index in [1.54, 1.807) is 18.2 Å². The number of rotatable bonds is 7. The normalized spacial score (nSPS) is 18.7. The molecule has 2 atom stereocenters. The number of benzene rings is 2. The van der Waals surface area contributed by atoms with Crippen LogP contribution in [-0.2, 0) is 4.79 Å². The van der Waals surface area contributed by atoms with Gasteiger partial charge in [0.2, 0.25) is 0 Å². The number of carbonyl (C=O) groups excluding carboxylic acids is 1. The number of fused-ring (bicyclic) bond motifs is 1. The van der Waals surface area contributed by atoms with Gasteiger partial charge in [0.1, 0.15) is 11.6 Å². The molecule has 1 aliphatic rings. The smallest absolute Gasteiger partial charge is 0.271 e. The molecule has 1 amide bonds. The first kappa shape index (κ1) is 20.8. The number of aliphatic hydroxyl groups is 1. The van der Waals surface area contributed by atoms with E-state index in [-0.39, 0.29) is 23.2 Å². The van der Waals surface area contributed by atoms with Gasteiger partial charge in [-0.15, -0.1) is 0 Å². The molecule has 1 aliphatic carbocycles. The van der Waals surface area contributed by atoms with Crippen LogP contribution in [0.5, 0.6) is 0 Å². The van der Waals surface area contributed by atoms with Gasteiger partial charge in [-0.2, -0.15) is 5.10 Å². The highest BCUT2D eigenvalue weighted by molar-refractivity contribution is 6.01. The second-order valence-electron chi connectivity index (χ2n) is 7.46. The quantitative estimate of drug-likeness (QED) is 0.367. The fourth-order valence-electron chi connectivity index (χ4n) is 4.00. The van der Waals surface area contributed by atoms with Gasteiger partial charge in [0.25, 0.3) is 5.91 Å². The lowest BCUT2D eigenvalue weighted by molar-refractivity contribution is -0.118. The van der Waals surface area contributed by atoms with Crippen molar-refractivity contribution < 1.29 is 14.3 Å². The highest BCUT2D eigenvalue weighted by Gasteiger charge is 2.35. The van der Waals surface area contributed by atoms with Crippen molar-refractivity contribution in [2.45, 2.75) is 45.4 Å². The maximum atomic E-state index is 13.7. The Morgan fingerprint density at radius 2 is 1.90 bits per heavy atom. The van der Waals surface area contributed by atoms with Crippen molar-refractivity contribution in [2.75, 3.05) is 0 Å². The van der Waals surface area contributed by atoms with Gasteiger partial charge in [-0.25, -0.2) is 9.82 Å². The highest BCUT2D eigenvalue weighted by Crippen LogP contribution is 2.44. The minimum atomic E-state index is -0.461. The van der Waals surface area contributed by atoms with Crippen LogP contribution in [0.25, 0.3) is 5.76 Å². The Morgan fingerprint density at radius 1 is 1.17 bits per heavy atom. The van der Waals surface area contributed by atoms with Gasteiger partial charge in [0.15, 0.2) is 0 Å². The van der Waals surface area contributed by atoms with Crippen molar-refractivity contribution in [3.63, 3.8) is 0 Å². The first-order valence-electron chi connectivity index (χ1n) is 10.1. The number of nitrogens with one attached hydrogen (secondary N) is 1. The molecule has 0 saturated carbocycles. The minimum Gasteiger partial charge on any atom is -0.507 e. The molecule has 0 radical (unpaired) electrons. The Kier molecular flexibility index (Phi) is 6.81. The van der Waals surface area contributed by atoms with Crippen LogP contribution in [-0.4, -0.2) is 17.2 Å². The number of unbranched alkanes of at least 4 members (excludes halogenated alkanes) is 2. The minimum absolute atomic E-state index is 0.00145. The summed E-state index contributed by atoms with van der Waals surface area (Å²) in [6, 6.07) is 13.9. The molecule has 0 aromatic heterocycles. The van der Waals surface area contributed by atoms with E-state index in [0.717, 1.165) is 31.2 Å². The van der Waals surface area contributed by atoms with Gasteiger partial charge in [0.05, 0.1) is 11.8 Å². The summed E-state index contributed by atoms with van der Waals surface area (Å²) in [4.78, 5) is 12.8. The molecular formula is C24H27FN2O2. The summed E-state index contributed by atoms with van der Waals surface area (Å²) in [7, 11) is 0. The van der Waals surface area contributed by atoms with E-state index in [9.17, 15) is 14.3 Å². The topological polar surface area (TPSA) is 61.7 Å². The predicted octanol–water partition coefficient (Wildman–Crippen LogP) is 5.56. The van der Waals surface area contributed by atoms with Crippen molar-refractivity contribution in [3.8, 4) is 0 Å². The van der Waals surface area contributed by atoms with E-state index >= 15 is 0 Å². The van der Waals surface area contributed by atoms with Gasteiger partial charge in [-0.05, 0) is 29.9 Å². The van der Waals surface area contributed by atoms with Gasteiger partial charge in [-0.1, -0.05) is 75.6 Å². The van der Waals surface area contributed by atoms with E-state index in [2.05, 4.69) is 17.5 Å². The van der Waals surface area contributed by atoms with Crippen molar-refractivity contribution >= 4 is 17.9 Å². The van der Waals surface area contributed by atoms with Gasteiger partial charge >= 0.3 is 0 Å². The summed E-state index contributed by atoms with van der Waals surface area (Å²) in [6.07, 6.45) is 5.55. The summed E-state index contributed by atoms with van der Waals surface area (Å²) in [6.45, 7) is 4.13. The molecule has 0 aliphatic heterocycles. The standard InChI is InChI=1S/C24H27FN2O2/c1-3-4-5-11-18-16(2)22(23(28)20-13-8-7-12-19(18)20)24(29)27-26-15-17-10-6-9-14-21(17)25/h6-10,12-16,18,28H,3-5,11H2,1-2H3,(H,27,29)/b26-15-/t16-,18+/m1/s1. The zero-order valence-electron chi connectivity index (χ0n) is 16.9. The van der Waals surface area contributed by atoms with E-state index < -0.39 is 11.7 Å². The second kappa shape index (κ2) is 9.50. The molecule has 0 heterocycles. The maximum absolute atomic E-state index is 13.7. The van der Waals surface area contributed by atoms with Crippen LogP contribution in [0.1, 0.15) is 62.1 Å². The molecule has 2 aromatic carbocycles. The van der Waals surface area contributed by atoms with Gasteiger partial charge < -0.3 is 5.11 Å². The number of hydrogen-bond donors (Lipinski definition) is 2. The van der Waals surface area contributed by atoms with Crippen LogP contribution in [0.2, 0.25) is 0 Å². The van der Waals surface area contributed by atoms with Gasteiger partial charge in [0, 0.05) is 11.1 Å². The fraction of sp³-hybridized carbons (Fsp3) is 0.333. The van der Waals surface area contributed by atoms with Crippen molar-refractivity contribution in [1.29, 1.82) is 0 Å². The number of carbonyl (C=O) groups is 1. The van der Waals surface area contributed by atoms with E-state index in [1.807, 2.05) is 31.2 Å². The third-order valence-electron chi connectivity index (χ3n) is 5.57. The lowest BCUT2D eigenvalue weighted by Gasteiger charge is -2.32. The molecule has 0 fully saturated rings. The van der Waals surface area contributed by atoms with Crippen molar-refractivity contribution in [1.82, 2.24) is 5.43 Å². The largest absolute Gasteiger partial charge is 0.507 e. The predicted molar refractivity (Wildman–Crippen MR) is 114 cm³/mol. The number of nitrogens with zero attached hydrogens (tertiary/aromatic N) is 1. The van der Waals surface area contributed by atoms with Crippen LogP contribution >= 0.6 is 0 Å². The molecule has 0 spiro atoms. The van der Waals surface area contributed by atoms with Crippen LogP contribution in [0.15, 0.2) is 59.2 Å². The van der Waals surface area contributed by atoms with E-state index in [0.29, 0.717) is 11.1 Å². The SMILES string of the molecule is CCCCC[C@@H]1c2ccccc2C(O)=C(C(=O)N/N=C\c2ccccc2F)[C@@H]1C. The molecule has 29 heavy (non-hydrogen) atoms. The Hall–Kier alpha value is -2.95. The Morgan fingerprint density at radius 3 is 2.66 bits per heavy atom. The summed E-state index contributed by atoms with van der Waals surface area (Å²) in [5.41, 5.74) is 4.85. The summed E-state index contributed by atoms with van der Waals surface area (Å²) in [5, 5.41) is 14.7. The van der Waals surface area contributed by atoms with Crippen molar-refractivity contribution in [3.05, 3.63) is 76.6 Å². The number of halogens is 1. The first-order chi connectivity index (χ1) is 14.0. The van der Waals surface area contributed by atoms with Gasteiger partial charge in [-0.3, -0.25) is 4.79 Å². The van der Waals surface area contributed by atoms with Crippen LogP contribution in [0.4, 0.5) is 4.39 Å². The molecule has 0 bridgehead atoms. The summed E-state index contributed by atoms with van der Waals surface area (Å²) < 4.78 is 13.7. The number of aliphatic hydroxyl groups excluding tert-OH is 1.